The third kappa shape index (κ3) is 1.56. The molecule has 0 aliphatic rings. The molecule has 1 aromatic carbocycles. The van der Waals surface area contributed by atoms with Crippen molar-refractivity contribution in [3.8, 4) is 0 Å². The molecule has 2 rings (SSSR count). The lowest BCUT2D eigenvalue weighted by molar-refractivity contribution is 1.39. The van der Waals surface area contributed by atoms with Crippen molar-refractivity contribution in [2.45, 2.75) is 6.92 Å². The van der Waals surface area contributed by atoms with Crippen molar-refractivity contribution >= 4 is 45.7 Å². The Kier molecular flexibility index (Phi) is 2.56. The summed E-state index contributed by atoms with van der Waals surface area (Å²) in [7, 11) is 0. The van der Waals surface area contributed by atoms with Crippen LogP contribution < -0.4 is 0 Å². The molecule has 0 saturated heterocycles. The highest BCUT2D eigenvalue weighted by atomic mass is 35.5. The molecule has 0 spiro atoms. The fourth-order valence-corrected chi connectivity index (χ4v) is 1.99. The van der Waals surface area contributed by atoms with Crippen LogP contribution in [0.3, 0.4) is 0 Å². The average molecular weight is 247 g/mol. The van der Waals surface area contributed by atoms with Gasteiger partial charge in [0.15, 0.2) is 0 Å². The van der Waals surface area contributed by atoms with Crippen molar-refractivity contribution in [3.05, 3.63) is 39.0 Å². The number of rotatable bonds is 0. The summed E-state index contributed by atoms with van der Waals surface area (Å²) in [4.78, 5) is 4.13. The summed E-state index contributed by atoms with van der Waals surface area (Å²) in [6, 6.07) is 5.31. The lowest BCUT2D eigenvalue weighted by Gasteiger charge is -2.05. The molecule has 1 aromatic heterocycles. The van der Waals surface area contributed by atoms with E-state index in [1.54, 1.807) is 12.1 Å². The molecule has 0 N–H and O–H groups in total. The van der Waals surface area contributed by atoms with E-state index in [1.165, 1.54) is 0 Å². The summed E-state index contributed by atoms with van der Waals surface area (Å²) < 4.78 is 0. The Morgan fingerprint density at radius 2 is 1.86 bits per heavy atom. The van der Waals surface area contributed by atoms with Gasteiger partial charge in [0.25, 0.3) is 0 Å². The Hall–Kier alpha value is -0.500. The zero-order valence-corrected chi connectivity index (χ0v) is 9.58. The van der Waals surface area contributed by atoms with Gasteiger partial charge in [0.05, 0.1) is 15.6 Å². The van der Waals surface area contributed by atoms with Gasteiger partial charge in [0, 0.05) is 5.39 Å². The molecule has 0 fully saturated rings. The standard InChI is InChI=1S/C10H6Cl3N/c1-5-4-7(11)10-6(9(5)13)2-3-8(12)14-10/h2-4H,1H3. The number of benzene rings is 1. The predicted molar refractivity (Wildman–Crippen MR) is 61.5 cm³/mol. The molecule has 1 nitrogen and oxygen atoms in total. The first-order valence-corrected chi connectivity index (χ1v) is 5.14. The summed E-state index contributed by atoms with van der Waals surface area (Å²) >= 11 is 17.9. The Morgan fingerprint density at radius 3 is 2.57 bits per heavy atom. The summed E-state index contributed by atoms with van der Waals surface area (Å²) in [5.41, 5.74) is 1.59. The zero-order valence-electron chi connectivity index (χ0n) is 7.31. The predicted octanol–water partition coefficient (Wildman–Crippen LogP) is 4.50. The van der Waals surface area contributed by atoms with E-state index in [4.69, 9.17) is 34.8 Å². The van der Waals surface area contributed by atoms with Crippen molar-refractivity contribution in [2.24, 2.45) is 0 Å². The molecular weight excluding hydrogens is 240 g/mol. The van der Waals surface area contributed by atoms with E-state index in [1.807, 2.05) is 13.0 Å². The summed E-state index contributed by atoms with van der Waals surface area (Å²) in [5, 5.41) is 2.50. The van der Waals surface area contributed by atoms with Gasteiger partial charge >= 0.3 is 0 Å². The molecule has 0 bridgehead atoms. The fraction of sp³-hybridized carbons (Fsp3) is 0.100. The molecule has 14 heavy (non-hydrogen) atoms. The number of aromatic nitrogens is 1. The highest BCUT2D eigenvalue weighted by molar-refractivity contribution is 6.40. The van der Waals surface area contributed by atoms with E-state index >= 15 is 0 Å². The number of hydrogen-bond donors (Lipinski definition) is 0. The van der Waals surface area contributed by atoms with Crippen LogP contribution in [-0.4, -0.2) is 4.98 Å². The van der Waals surface area contributed by atoms with Gasteiger partial charge in [-0.3, -0.25) is 0 Å². The summed E-state index contributed by atoms with van der Waals surface area (Å²) in [6.07, 6.45) is 0. The van der Waals surface area contributed by atoms with Gasteiger partial charge in [0.1, 0.15) is 5.15 Å². The minimum absolute atomic E-state index is 0.416. The van der Waals surface area contributed by atoms with Crippen LogP contribution in [0.2, 0.25) is 15.2 Å². The molecule has 2 aromatic rings. The van der Waals surface area contributed by atoms with Gasteiger partial charge in [-0.05, 0) is 30.7 Å². The lowest BCUT2D eigenvalue weighted by atomic mass is 10.1. The van der Waals surface area contributed by atoms with Crippen molar-refractivity contribution in [3.63, 3.8) is 0 Å². The topological polar surface area (TPSA) is 12.9 Å². The third-order valence-electron chi connectivity index (χ3n) is 2.01. The normalized spacial score (nSPS) is 10.9. The van der Waals surface area contributed by atoms with Crippen LogP contribution >= 0.6 is 34.8 Å². The van der Waals surface area contributed by atoms with Gasteiger partial charge in [-0.15, -0.1) is 0 Å². The Labute approximate surface area is 96.6 Å². The Morgan fingerprint density at radius 1 is 1.14 bits per heavy atom. The average Bonchev–Trinajstić information content (AvgIpc) is 2.14. The monoisotopic (exact) mass is 245 g/mol. The van der Waals surface area contributed by atoms with E-state index in [2.05, 4.69) is 4.98 Å². The first-order valence-electron chi connectivity index (χ1n) is 4.00. The maximum Gasteiger partial charge on any atom is 0.129 e. The minimum Gasteiger partial charge on any atom is -0.234 e. The van der Waals surface area contributed by atoms with Crippen LogP contribution in [0.5, 0.6) is 0 Å². The molecule has 0 aliphatic carbocycles. The highest BCUT2D eigenvalue weighted by Crippen LogP contribution is 2.32. The molecule has 4 heteroatoms. The second kappa shape index (κ2) is 3.58. The van der Waals surface area contributed by atoms with Crippen molar-refractivity contribution < 1.29 is 0 Å². The van der Waals surface area contributed by atoms with Gasteiger partial charge in [-0.25, -0.2) is 4.98 Å². The van der Waals surface area contributed by atoms with Gasteiger partial charge in [-0.1, -0.05) is 34.8 Å². The zero-order chi connectivity index (χ0) is 10.3. The maximum absolute atomic E-state index is 6.11. The van der Waals surface area contributed by atoms with Crippen LogP contribution in [0.15, 0.2) is 18.2 Å². The second-order valence-electron chi connectivity index (χ2n) is 3.02. The maximum atomic E-state index is 6.11. The fourth-order valence-electron chi connectivity index (χ4n) is 1.33. The molecule has 0 amide bonds. The van der Waals surface area contributed by atoms with Gasteiger partial charge in [0.2, 0.25) is 0 Å². The second-order valence-corrected chi connectivity index (χ2v) is 4.19. The van der Waals surface area contributed by atoms with E-state index in [9.17, 15) is 0 Å². The van der Waals surface area contributed by atoms with Crippen molar-refractivity contribution in [2.75, 3.05) is 0 Å². The van der Waals surface area contributed by atoms with Crippen LogP contribution in [0, 0.1) is 6.92 Å². The highest BCUT2D eigenvalue weighted by Gasteiger charge is 2.08. The Balaban J connectivity index is 2.94. The molecule has 0 radical (unpaired) electrons. The summed E-state index contributed by atoms with van der Waals surface area (Å²) in [6.45, 7) is 1.91. The molecule has 0 aliphatic heterocycles. The first kappa shape index (κ1) is 10.0. The van der Waals surface area contributed by atoms with Gasteiger partial charge in [-0.2, -0.15) is 0 Å². The molecule has 1 heterocycles. The van der Waals surface area contributed by atoms with Crippen LogP contribution in [0.1, 0.15) is 5.56 Å². The number of pyridine rings is 1. The number of nitrogens with zero attached hydrogens (tertiary/aromatic N) is 1. The molecule has 0 saturated carbocycles. The number of halogens is 3. The summed E-state index contributed by atoms with van der Waals surface area (Å²) in [5.74, 6) is 0. The van der Waals surface area contributed by atoms with Crippen LogP contribution in [0.4, 0.5) is 0 Å². The number of fused-ring (bicyclic) bond motifs is 1. The SMILES string of the molecule is Cc1cc(Cl)c2nc(Cl)ccc2c1Cl. The van der Waals surface area contributed by atoms with E-state index < -0.39 is 0 Å². The van der Waals surface area contributed by atoms with Crippen molar-refractivity contribution in [1.82, 2.24) is 4.98 Å². The molecule has 72 valence electrons. The largest absolute Gasteiger partial charge is 0.234 e. The first-order chi connectivity index (χ1) is 6.59. The van der Waals surface area contributed by atoms with Crippen LogP contribution in [-0.2, 0) is 0 Å². The van der Waals surface area contributed by atoms with Crippen LogP contribution in [0.25, 0.3) is 10.9 Å². The lowest BCUT2D eigenvalue weighted by Crippen LogP contribution is -1.85. The smallest absolute Gasteiger partial charge is 0.129 e. The third-order valence-corrected chi connectivity index (χ3v) is 3.01. The molecular formula is C10H6Cl3N. The van der Waals surface area contributed by atoms with E-state index in [0.29, 0.717) is 20.7 Å². The Bertz CT molecular complexity index is 508. The van der Waals surface area contributed by atoms with E-state index in [0.717, 1.165) is 10.9 Å². The molecule has 0 atom stereocenters. The number of hydrogen-bond acceptors (Lipinski definition) is 1. The van der Waals surface area contributed by atoms with Crippen molar-refractivity contribution in [1.29, 1.82) is 0 Å². The van der Waals surface area contributed by atoms with E-state index in [-0.39, 0.29) is 0 Å². The molecule has 0 unspecified atom stereocenters. The quantitative estimate of drug-likeness (QED) is 0.624. The van der Waals surface area contributed by atoms with Gasteiger partial charge < -0.3 is 0 Å². The number of aryl methyl sites for hydroxylation is 1. The minimum atomic E-state index is 0.416.